The van der Waals surface area contributed by atoms with Gasteiger partial charge in [-0.1, -0.05) is 23.5 Å². The fourth-order valence-electron chi connectivity index (χ4n) is 1.74. The molecule has 0 spiro atoms. The van der Waals surface area contributed by atoms with E-state index >= 15 is 0 Å². The molecule has 22 heavy (non-hydrogen) atoms. The molecule has 1 amide bonds. The molecule has 0 unspecified atom stereocenters. The van der Waals surface area contributed by atoms with Gasteiger partial charge in [0.25, 0.3) is 5.91 Å². The fourth-order valence-corrected chi connectivity index (χ4v) is 2.37. The predicted octanol–water partition coefficient (Wildman–Crippen LogP) is 2.57. The summed E-state index contributed by atoms with van der Waals surface area (Å²) in [6.07, 6.45) is -3.93. The average Bonchev–Trinajstić information content (AvgIpc) is 2.96. The minimum Gasteiger partial charge on any atom is -0.360 e. The van der Waals surface area contributed by atoms with Crippen molar-refractivity contribution in [3.05, 3.63) is 40.4 Å². The maximum Gasteiger partial charge on any atom is 0.445 e. The summed E-state index contributed by atoms with van der Waals surface area (Å²) in [5.41, 5.74) is 1.43. The number of carbonyl (C=O) groups excluding carboxylic acids is 1. The minimum atomic E-state index is -4.47. The summed E-state index contributed by atoms with van der Waals surface area (Å²) in [7, 11) is 1.55. The Hall–Kier alpha value is -2.16. The first-order chi connectivity index (χ1) is 10.4. The highest BCUT2D eigenvalue weighted by atomic mass is 32.1. The molecule has 0 aliphatic carbocycles. The lowest BCUT2D eigenvalue weighted by Gasteiger charge is -2.05. The Morgan fingerprint density at radius 2 is 2.09 bits per heavy atom. The van der Waals surface area contributed by atoms with E-state index in [0.717, 1.165) is 5.56 Å². The zero-order valence-electron chi connectivity index (χ0n) is 11.6. The van der Waals surface area contributed by atoms with Crippen molar-refractivity contribution in [1.29, 1.82) is 0 Å². The van der Waals surface area contributed by atoms with Crippen molar-refractivity contribution in [2.45, 2.75) is 12.6 Å². The Morgan fingerprint density at radius 3 is 2.73 bits per heavy atom. The van der Waals surface area contributed by atoms with Crippen LogP contribution in [0.1, 0.15) is 20.9 Å². The molecule has 2 rings (SSSR count). The first-order valence-electron chi connectivity index (χ1n) is 6.36. The van der Waals surface area contributed by atoms with Gasteiger partial charge in [-0.15, -0.1) is 10.2 Å². The second-order valence-corrected chi connectivity index (χ2v) is 5.34. The van der Waals surface area contributed by atoms with E-state index in [1.165, 1.54) is 0 Å². The molecule has 0 aliphatic rings. The van der Waals surface area contributed by atoms with Crippen LogP contribution in [0.2, 0.25) is 0 Å². The summed E-state index contributed by atoms with van der Waals surface area (Å²) in [6, 6.07) is 7.03. The van der Waals surface area contributed by atoms with Gasteiger partial charge in [-0.3, -0.25) is 4.79 Å². The topological polar surface area (TPSA) is 66.9 Å². The summed E-state index contributed by atoms with van der Waals surface area (Å²) < 4.78 is 37.2. The quantitative estimate of drug-likeness (QED) is 0.884. The van der Waals surface area contributed by atoms with E-state index < -0.39 is 11.2 Å². The zero-order valence-corrected chi connectivity index (χ0v) is 12.4. The number of aromatic nitrogens is 2. The Bertz CT molecular complexity index is 657. The minimum absolute atomic E-state index is 0.120. The second-order valence-electron chi connectivity index (χ2n) is 4.37. The highest BCUT2D eigenvalue weighted by Gasteiger charge is 2.35. The Balaban J connectivity index is 1.91. The number of carbonyl (C=O) groups is 1. The summed E-state index contributed by atoms with van der Waals surface area (Å²) in [6.45, 7) is 0.393. The molecule has 0 fully saturated rings. The lowest BCUT2D eigenvalue weighted by molar-refractivity contribution is -0.138. The van der Waals surface area contributed by atoms with Crippen LogP contribution < -0.4 is 10.6 Å². The molecule has 0 aliphatic heterocycles. The molecule has 0 radical (unpaired) electrons. The number of anilines is 1. The van der Waals surface area contributed by atoms with Crippen molar-refractivity contribution in [3.63, 3.8) is 0 Å². The van der Waals surface area contributed by atoms with E-state index in [-0.39, 0.29) is 11.0 Å². The molecule has 5 nitrogen and oxygen atoms in total. The van der Waals surface area contributed by atoms with Crippen molar-refractivity contribution < 1.29 is 18.0 Å². The van der Waals surface area contributed by atoms with E-state index in [4.69, 9.17) is 0 Å². The van der Waals surface area contributed by atoms with Crippen LogP contribution in [0.3, 0.4) is 0 Å². The van der Waals surface area contributed by atoms with Gasteiger partial charge in [-0.25, -0.2) is 0 Å². The third-order valence-electron chi connectivity index (χ3n) is 2.77. The van der Waals surface area contributed by atoms with Crippen LogP contribution in [-0.4, -0.2) is 29.7 Å². The number of hydrogen-bond donors (Lipinski definition) is 2. The van der Waals surface area contributed by atoms with E-state index in [9.17, 15) is 18.0 Å². The van der Waals surface area contributed by atoms with Gasteiger partial charge in [0, 0.05) is 19.2 Å². The average molecular weight is 330 g/mol. The van der Waals surface area contributed by atoms with Gasteiger partial charge in [0.15, 0.2) is 0 Å². The van der Waals surface area contributed by atoms with Gasteiger partial charge in [0.2, 0.25) is 10.1 Å². The molecule has 9 heteroatoms. The highest BCUT2D eigenvalue weighted by Crippen LogP contribution is 2.32. The summed E-state index contributed by atoms with van der Waals surface area (Å²) in [5.74, 6) is -0.186. The maximum atomic E-state index is 12.4. The molecule has 1 heterocycles. The molecule has 2 aromatic rings. The van der Waals surface area contributed by atoms with E-state index in [2.05, 4.69) is 20.8 Å². The van der Waals surface area contributed by atoms with Crippen molar-refractivity contribution in [2.75, 3.05) is 18.9 Å². The number of rotatable bonds is 5. The van der Waals surface area contributed by atoms with E-state index in [1.54, 1.807) is 25.2 Å². The summed E-state index contributed by atoms with van der Waals surface area (Å²) in [5, 5.41) is 11.0. The molecular weight excluding hydrogens is 317 g/mol. The number of benzene rings is 1. The molecular formula is C13H13F3N4OS. The van der Waals surface area contributed by atoms with Gasteiger partial charge in [0.1, 0.15) is 0 Å². The maximum absolute atomic E-state index is 12.4. The summed E-state index contributed by atoms with van der Waals surface area (Å²) in [4.78, 5) is 11.5. The third kappa shape index (κ3) is 4.17. The number of hydrogen-bond acceptors (Lipinski definition) is 5. The second kappa shape index (κ2) is 6.73. The van der Waals surface area contributed by atoms with Crippen LogP contribution in [0.25, 0.3) is 0 Å². The van der Waals surface area contributed by atoms with Crippen LogP contribution in [-0.2, 0) is 12.6 Å². The van der Waals surface area contributed by atoms with Crippen molar-refractivity contribution in [3.8, 4) is 0 Å². The highest BCUT2D eigenvalue weighted by molar-refractivity contribution is 7.15. The van der Waals surface area contributed by atoms with Crippen LogP contribution in [0, 0.1) is 0 Å². The lowest BCUT2D eigenvalue weighted by atomic mass is 10.1. The number of alkyl halides is 3. The SMILES string of the molecule is CNC(=O)c1cccc(CCNc2nnc(C(F)(F)F)s2)c1. The van der Waals surface area contributed by atoms with Gasteiger partial charge < -0.3 is 10.6 Å². The smallest absolute Gasteiger partial charge is 0.360 e. The first-order valence-corrected chi connectivity index (χ1v) is 7.17. The molecule has 118 valence electrons. The van der Waals surface area contributed by atoms with Crippen molar-refractivity contribution >= 4 is 22.4 Å². The van der Waals surface area contributed by atoms with E-state index in [1.807, 2.05) is 6.07 Å². The Labute approximate surface area is 128 Å². The van der Waals surface area contributed by atoms with Crippen LogP contribution in [0.5, 0.6) is 0 Å². The van der Waals surface area contributed by atoms with E-state index in [0.29, 0.717) is 29.9 Å². The molecule has 0 bridgehead atoms. The van der Waals surface area contributed by atoms with Crippen LogP contribution in [0.15, 0.2) is 24.3 Å². The molecule has 0 saturated carbocycles. The Morgan fingerprint density at radius 1 is 1.32 bits per heavy atom. The largest absolute Gasteiger partial charge is 0.445 e. The summed E-state index contributed by atoms with van der Waals surface area (Å²) >= 11 is 0.464. The standard InChI is InChI=1S/C13H13F3N4OS/c1-17-10(21)9-4-2-3-8(7-9)5-6-18-12-20-19-11(22-12)13(14,15)16/h2-4,7H,5-6H2,1H3,(H,17,21)(H,18,20). The molecule has 2 N–H and O–H groups in total. The predicted molar refractivity (Wildman–Crippen MR) is 76.9 cm³/mol. The van der Waals surface area contributed by atoms with Crippen LogP contribution >= 0.6 is 11.3 Å². The molecule has 1 aromatic heterocycles. The number of nitrogens with one attached hydrogen (secondary N) is 2. The van der Waals surface area contributed by atoms with Gasteiger partial charge in [0.05, 0.1) is 0 Å². The van der Waals surface area contributed by atoms with Gasteiger partial charge in [-0.05, 0) is 24.1 Å². The first kappa shape index (κ1) is 16.2. The van der Waals surface area contributed by atoms with Crippen molar-refractivity contribution in [1.82, 2.24) is 15.5 Å². The normalized spacial score (nSPS) is 11.3. The third-order valence-corrected chi connectivity index (χ3v) is 3.70. The van der Waals surface area contributed by atoms with Gasteiger partial charge >= 0.3 is 6.18 Å². The fraction of sp³-hybridized carbons (Fsp3) is 0.308. The molecule has 0 saturated heterocycles. The van der Waals surface area contributed by atoms with Crippen molar-refractivity contribution in [2.24, 2.45) is 0 Å². The number of nitrogens with zero attached hydrogens (tertiary/aromatic N) is 2. The number of amides is 1. The zero-order chi connectivity index (χ0) is 16.2. The molecule has 1 aromatic carbocycles. The number of halogens is 3. The monoisotopic (exact) mass is 330 g/mol. The van der Waals surface area contributed by atoms with Crippen LogP contribution in [0.4, 0.5) is 18.3 Å². The lowest BCUT2D eigenvalue weighted by Crippen LogP contribution is -2.18. The Kier molecular flexibility index (Phi) is 4.96. The van der Waals surface area contributed by atoms with Gasteiger partial charge in [-0.2, -0.15) is 13.2 Å². The molecule has 0 atom stereocenters.